The fourth-order valence-electron chi connectivity index (χ4n) is 2.34. The molecule has 0 radical (unpaired) electrons. The zero-order valence-electron chi connectivity index (χ0n) is 11.1. The maximum Gasteiger partial charge on any atom is 0.0739 e. The third-order valence-electron chi connectivity index (χ3n) is 2.96. The molecule has 0 spiro atoms. The summed E-state index contributed by atoms with van der Waals surface area (Å²) in [5.41, 5.74) is 0. The van der Waals surface area contributed by atoms with Crippen LogP contribution < -0.4 is 0 Å². The summed E-state index contributed by atoms with van der Waals surface area (Å²) >= 11 is 0. The molecule has 0 bridgehead atoms. The summed E-state index contributed by atoms with van der Waals surface area (Å²) < 4.78 is 5.49. The summed E-state index contributed by atoms with van der Waals surface area (Å²) in [4.78, 5) is 2.40. The molecule has 1 heterocycles. The van der Waals surface area contributed by atoms with E-state index in [1.807, 2.05) is 0 Å². The van der Waals surface area contributed by atoms with Crippen molar-refractivity contribution in [3.63, 3.8) is 0 Å². The number of ether oxygens (including phenoxy) is 1. The van der Waals surface area contributed by atoms with E-state index in [9.17, 15) is 5.11 Å². The van der Waals surface area contributed by atoms with Crippen LogP contribution in [0.5, 0.6) is 0 Å². The fourth-order valence-corrected chi connectivity index (χ4v) is 2.34. The van der Waals surface area contributed by atoms with E-state index in [1.165, 1.54) is 0 Å². The Morgan fingerprint density at radius 3 is 2.19 bits per heavy atom. The highest BCUT2D eigenvalue weighted by molar-refractivity contribution is 4.83. The number of hydrogen-bond donors (Lipinski definition) is 1. The smallest absolute Gasteiger partial charge is 0.0739 e. The molecule has 1 fully saturated rings. The van der Waals surface area contributed by atoms with Crippen molar-refractivity contribution in [3.8, 4) is 0 Å². The predicted octanol–water partition coefficient (Wildman–Crippen LogP) is 1.75. The van der Waals surface area contributed by atoms with Crippen LogP contribution in [-0.4, -0.2) is 48.5 Å². The second kappa shape index (κ2) is 6.58. The van der Waals surface area contributed by atoms with Gasteiger partial charge in [0.2, 0.25) is 0 Å². The number of aliphatic hydroxyl groups excluding tert-OH is 1. The van der Waals surface area contributed by atoms with Gasteiger partial charge < -0.3 is 9.84 Å². The third-order valence-corrected chi connectivity index (χ3v) is 2.96. The molecule has 3 nitrogen and oxygen atoms in total. The monoisotopic (exact) mass is 229 g/mol. The Labute approximate surface area is 99.8 Å². The van der Waals surface area contributed by atoms with Gasteiger partial charge in [0.25, 0.3) is 0 Å². The molecule has 2 atom stereocenters. The molecule has 1 aliphatic heterocycles. The first-order chi connectivity index (χ1) is 7.50. The van der Waals surface area contributed by atoms with Crippen molar-refractivity contribution in [1.82, 2.24) is 4.90 Å². The quantitative estimate of drug-likeness (QED) is 0.779. The van der Waals surface area contributed by atoms with Crippen molar-refractivity contribution in [2.75, 3.05) is 26.3 Å². The molecule has 0 aromatic carbocycles. The molecule has 1 saturated heterocycles. The minimum Gasteiger partial charge on any atom is -0.391 e. The van der Waals surface area contributed by atoms with E-state index >= 15 is 0 Å². The Morgan fingerprint density at radius 2 is 1.75 bits per heavy atom. The lowest BCUT2D eigenvalue weighted by Gasteiger charge is -2.39. The second-order valence-corrected chi connectivity index (χ2v) is 5.74. The lowest BCUT2D eigenvalue weighted by atomic mass is 10.0. The predicted molar refractivity (Wildman–Crippen MR) is 66.5 cm³/mol. The van der Waals surface area contributed by atoms with E-state index in [2.05, 4.69) is 32.6 Å². The number of rotatable bonds is 5. The van der Waals surface area contributed by atoms with E-state index in [-0.39, 0.29) is 12.1 Å². The number of hydrogen-bond acceptors (Lipinski definition) is 3. The van der Waals surface area contributed by atoms with Gasteiger partial charge in [-0.05, 0) is 18.3 Å². The molecule has 1 N–H and O–H groups in total. The zero-order valence-corrected chi connectivity index (χ0v) is 11.1. The fraction of sp³-hybridized carbons (Fsp3) is 1.00. The molecule has 16 heavy (non-hydrogen) atoms. The van der Waals surface area contributed by atoms with Gasteiger partial charge in [-0.25, -0.2) is 0 Å². The van der Waals surface area contributed by atoms with Crippen LogP contribution in [0.15, 0.2) is 0 Å². The Kier molecular flexibility index (Phi) is 5.73. The van der Waals surface area contributed by atoms with Crippen LogP contribution in [-0.2, 0) is 4.74 Å². The summed E-state index contributed by atoms with van der Waals surface area (Å²) in [7, 11) is 0. The Bertz CT molecular complexity index is 184. The normalized spacial score (nSPS) is 27.0. The zero-order chi connectivity index (χ0) is 12.1. The minimum absolute atomic E-state index is 0.193. The molecular weight excluding hydrogens is 202 g/mol. The van der Waals surface area contributed by atoms with Gasteiger partial charge in [0.1, 0.15) is 0 Å². The summed E-state index contributed by atoms with van der Waals surface area (Å²) in [5.74, 6) is 1.26. The van der Waals surface area contributed by atoms with Gasteiger partial charge in [-0.15, -0.1) is 0 Å². The van der Waals surface area contributed by atoms with E-state index in [1.54, 1.807) is 0 Å². The van der Waals surface area contributed by atoms with Gasteiger partial charge in [-0.2, -0.15) is 0 Å². The highest BCUT2D eigenvalue weighted by atomic mass is 16.5. The van der Waals surface area contributed by atoms with Gasteiger partial charge in [0.05, 0.1) is 18.8 Å². The first-order valence-corrected chi connectivity index (χ1v) is 6.50. The molecule has 2 unspecified atom stereocenters. The highest BCUT2D eigenvalue weighted by Crippen LogP contribution is 2.17. The topological polar surface area (TPSA) is 32.7 Å². The average Bonchev–Trinajstić information content (AvgIpc) is 2.15. The van der Waals surface area contributed by atoms with Crippen molar-refractivity contribution in [2.45, 2.75) is 46.3 Å². The second-order valence-electron chi connectivity index (χ2n) is 5.74. The number of nitrogens with zero attached hydrogens (tertiary/aromatic N) is 1. The van der Waals surface area contributed by atoms with E-state index in [0.29, 0.717) is 25.0 Å². The highest BCUT2D eigenvalue weighted by Gasteiger charge is 2.29. The molecule has 3 heteroatoms. The van der Waals surface area contributed by atoms with Crippen LogP contribution in [0.4, 0.5) is 0 Å². The van der Waals surface area contributed by atoms with E-state index < -0.39 is 0 Å². The standard InChI is InChI=1S/C13H27NO2/c1-10(2)7-14(8-11(3)4)12-9-16-6-5-13(12)15/h10-13,15H,5-9H2,1-4H3. The maximum absolute atomic E-state index is 10.0. The molecule has 1 aliphatic rings. The molecule has 0 saturated carbocycles. The maximum atomic E-state index is 10.0. The summed E-state index contributed by atoms with van der Waals surface area (Å²) in [6.45, 7) is 12.4. The van der Waals surface area contributed by atoms with E-state index in [0.717, 1.165) is 19.5 Å². The summed E-state index contributed by atoms with van der Waals surface area (Å²) in [5, 5.41) is 10.0. The molecule has 0 aromatic heterocycles. The van der Waals surface area contributed by atoms with Gasteiger partial charge in [0.15, 0.2) is 0 Å². The van der Waals surface area contributed by atoms with Crippen molar-refractivity contribution >= 4 is 0 Å². The van der Waals surface area contributed by atoms with Crippen molar-refractivity contribution in [3.05, 3.63) is 0 Å². The largest absolute Gasteiger partial charge is 0.391 e. The van der Waals surface area contributed by atoms with Crippen LogP contribution in [0.2, 0.25) is 0 Å². The summed E-state index contributed by atoms with van der Waals surface area (Å²) in [6.07, 6.45) is 0.559. The molecular formula is C13H27NO2. The Balaban J connectivity index is 2.58. The Morgan fingerprint density at radius 1 is 1.19 bits per heavy atom. The third kappa shape index (κ3) is 4.40. The molecule has 0 aliphatic carbocycles. The molecule has 0 amide bonds. The van der Waals surface area contributed by atoms with Crippen LogP contribution >= 0.6 is 0 Å². The van der Waals surface area contributed by atoms with E-state index in [4.69, 9.17) is 4.74 Å². The van der Waals surface area contributed by atoms with Gasteiger partial charge >= 0.3 is 0 Å². The summed E-state index contributed by atoms with van der Waals surface area (Å²) in [6, 6.07) is 0.193. The molecule has 1 rings (SSSR count). The van der Waals surface area contributed by atoms with Gasteiger partial charge in [-0.3, -0.25) is 4.90 Å². The van der Waals surface area contributed by atoms with Gasteiger partial charge in [0, 0.05) is 19.7 Å². The van der Waals surface area contributed by atoms with Crippen LogP contribution in [0.1, 0.15) is 34.1 Å². The van der Waals surface area contributed by atoms with Crippen molar-refractivity contribution in [2.24, 2.45) is 11.8 Å². The first-order valence-electron chi connectivity index (χ1n) is 6.50. The average molecular weight is 229 g/mol. The molecule has 0 aromatic rings. The minimum atomic E-state index is -0.216. The van der Waals surface area contributed by atoms with Crippen molar-refractivity contribution < 1.29 is 9.84 Å². The lowest BCUT2D eigenvalue weighted by molar-refractivity contribution is -0.0665. The molecule has 96 valence electrons. The van der Waals surface area contributed by atoms with Crippen molar-refractivity contribution in [1.29, 1.82) is 0 Å². The SMILES string of the molecule is CC(C)CN(CC(C)C)C1COCCC1O. The van der Waals surface area contributed by atoms with Gasteiger partial charge in [-0.1, -0.05) is 27.7 Å². The lowest BCUT2D eigenvalue weighted by Crippen LogP contribution is -2.51. The number of aliphatic hydroxyl groups is 1. The Hall–Kier alpha value is -0.120. The first kappa shape index (κ1) is 13.9. The van der Waals surface area contributed by atoms with Crippen LogP contribution in [0.3, 0.4) is 0 Å². The van der Waals surface area contributed by atoms with Crippen LogP contribution in [0, 0.1) is 11.8 Å². The van der Waals surface area contributed by atoms with Crippen LogP contribution in [0.25, 0.3) is 0 Å².